The number of hydrogen-bond acceptors (Lipinski definition) is 2. The Hall–Kier alpha value is -3.23. The zero-order valence-electron chi connectivity index (χ0n) is 15.3. The van der Waals surface area contributed by atoms with E-state index in [2.05, 4.69) is 4.98 Å². The number of carbonyl (C=O) groups excluding carboxylic acids is 1. The molecule has 0 saturated heterocycles. The number of fused-ring (bicyclic) bond motifs is 1. The lowest BCUT2D eigenvalue weighted by atomic mass is 10.0. The lowest BCUT2D eigenvalue weighted by Gasteiger charge is -2.26. The van der Waals surface area contributed by atoms with E-state index in [-0.39, 0.29) is 16.3 Å². The highest BCUT2D eigenvalue weighted by Crippen LogP contribution is 2.29. The fourth-order valence-electron chi connectivity index (χ4n) is 3.05. The van der Waals surface area contributed by atoms with Gasteiger partial charge in [0.2, 0.25) is 0 Å². The third-order valence-electron chi connectivity index (χ3n) is 4.80. The van der Waals surface area contributed by atoms with Crippen molar-refractivity contribution >= 4 is 16.7 Å². The Balaban J connectivity index is 2.03. The van der Waals surface area contributed by atoms with E-state index in [4.69, 9.17) is 0 Å². The molecule has 0 spiro atoms. The second kappa shape index (κ2) is 7.65. The van der Waals surface area contributed by atoms with E-state index < -0.39 is 46.9 Å². The van der Waals surface area contributed by atoms with Crippen molar-refractivity contribution in [1.82, 2.24) is 9.88 Å². The van der Waals surface area contributed by atoms with Gasteiger partial charge in [-0.05, 0) is 48.2 Å². The molecule has 152 valence electrons. The number of pyridine rings is 1. The van der Waals surface area contributed by atoms with E-state index in [1.165, 1.54) is 13.2 Å². The second-order valence-electron chi connectivity index (χ2n) is 6.51. The predicted molar refractivity (Wildman–Crippen MR) is 96.4 cm³/mol. The number of aromatic amines is 1. The molecule has 3 rings (SSSR count). The van der Waals surface area contributed by atoms with Crippen LogP contribution in [0.5, 0.6) is 0 Å². The number of carbonyl (C=O) groups is 1. The van der Waals surface area contributed by atoms with Crippen LogP contribution in [0.3, 0.4) is 0 Å². The van der Waals surface area contributed by atoms with Gasteiger partial charge in [0.25, 0.3) is 17.9 Å². The Morgan fingerprint density at radius 3 is 2.21 bits per heavy atom. The molecular formula is C20H15F5N2O2. The molecule has 9 heteroatoms. The molecule has 0 aliphatic heterocycles. The molecule has 2 aromatic carbocycles. The van der Waals surface area contributed by atoms with Gasteiger partial charge in [0, 0.05) is 18.8 Å². The monoisotopic (exact) mass is 410 g/mol. The Bertz CT molecular complexity index is 1160. The first-order chi connectivity index (χ1) is 13.6. The number of alkyl halides is 2. The molecule has 29 heavy (non-hydrogen) atoms. The average Bonchev–Trinajstić information content (AvgIpc) is 2.68. The molecule has 4 nitrogen and oxygen atoms in total. The van der Waals surface area contributed by atoms with Crippen molar-refractivity contribution in [1.29, 1.82) is 0 Å². The van der Waals surface area contributed by atoms with Gasteiger partial charge in [-0.2, -0.15) is 0 Å². The van der Waals surface area contributed by atoms with Gasteiger partial charge >= 0.3 is 0 Å². The number of aromatic nitrogens is 1. The van der Waals surface area contributed by atoms with E-state index in [0.717, 1.165) is 35.2 Å². The predicted octanol–water partition coefficient (Wildman–Crippen LogP) is 4.72. The summed E-state index contributed by atoms with van der Waals surface area (Å²) in [5.41, 5.74) is -1.39. The minimum absolute atomic E-state index is 0.101. The maximum absolute atomic E-state index is 13.7. The van der Waals surface area contributed by atoms with Gasteiger partial charge < -0.3 is 9.88 Å². The quantitative estimate of drug-likeness (QED) is 0.633. The van der Waals surface area contributed by atoms with Crippen LogP contribution in [0.1, 0.15) is 40.9 Å². The highest BCUT2D eigenvalue weighted by atomic mass is 19.3. The summed E-state index contributed by atoms with van der Waals surface area (Å²) in [4.78, 5) is 28.2. The first-order valence-corrected chi connectivity index (χ1v) is 8.47. The van der Waals surface area contributed by atoms with E-state index in [1.54, 1.807) is 6.92 Å². The van der Waals surface area contributed by atoms with Gasteiger partial charge in [-0.3, -0.25) is 9.59 Å². The van der Waals surface area contributed by atoms with Crippen molar-refractivity contribution in [2.75, 3.05) is 7.05 Å². The van der Waals surface area contributed by atoms with Crippen LogP contribution in [0.2, 0.25) is 0 Å². The molecular weight excluding hydrogens is 395 g/mol. The lowest BCUT2D eigenvalue weighted by Crippen LogP contribution is -2.30. The lowest BCUT2D eigenvalue weighted by molar-refractivity contribution is 0.0742. The number of nitrogens with zero attached hydrogens (tertiary/aromatic N) is 1. The number of hydrogen-bond donors (Lipinski definition) is 1. The van der Waals surface area contributed by atoms with Crippen molar-refractivity contribution in [3.05, 3.63) is 81.0 Å². The minimum atomic E-state index is -3.09. The van der Waals surface area contributed by atoms with Crippen LogP contribution in [0.25, 0.3) is 10.8 Å². The molecule has 1 amide bonds. The molecule has 0 fully saturated rings. The number of nitrogens with one attached hydrogen (secondary N) is 1. The summed E-state index contributed by atoms with van der Waals surface area (Å²) in [6.07, 6.45) is -1.82. The van der Waals surface area contributed by atoms with Gasteiger partial charge in [0.05, 0.1) is 17.0 Å². The normalized spacial score (nSPS) is 12.4. The van der Waals surface area contributed by atoms with Gasteiger partial charge in [0.1, 0.15) is 5.82 Å². The summed E-state index contributed by atoms with van der Waals surface area (Å²) in [5.74, 6) is -4.17. The zero-order chi connectivity index (χ0) is 21.5. The molecule has 0 radical (unpaired) electrons. The number of benzene rings is 2. The molecule has 3 aromatic rings. The second-order valence-corrected chi connectivity index (χ2v) is 6.51. The summed E-state index contributed by atoms with van der Waals surface area (Å²) < 4.78 is 66.6. The van der Waals surface area contributed by atoms with Crippen molar-refractivity contribution in [3.8, 4) is 0 Å². The maximum atomic E-state index is 13.7. The first kappa shape index (κ1) is 20.5. The Labute approximate surface area is 161 Å². The van der Waals surface area contributed by atoms with Gasteiger partial charge in [0.15, 0.2) is 11.6 Å². The van der Waals surface area contributed by atoms with Gasteiger partial charge in [-0.1, -0.05) is 0 Å². The average molecular weight is 410 g/mol. The topological polar surface area (TPSA) is 53.2 Å². The van der Waals surface area contributed by atoms with Gasteiger partial charge in [-0.25, -0.2) is 22.0 Å². The Kier molecular flexibility index (Phi) is 5.41. The summed E-state index contributed by atoms with van der Waals surface area (Å²) >= 11 is 0. The highest BCUT2D eigenvalue weighted by molar-refractivity contribution is 5.95. The molecule has 0 saturated carbocycles. The van der Waals surface area contributed by atoms with E-state index >= 15 is 0 Å². The van der Waals surface area contributed by atoms with Crippen molar-refractivity contribution in [2.45, 2.75) is 19.4 Å². The highest BCUT2D eigenvalue weighted by Gasteiger charge is 2.24. The number of halogens is 5. The fourth-order valence-corrected chi connectivity index (χ4v) is 3.05. The third kappa shape index (κ3) is 3.72. The summed E-state index contributed by atoms with van der Waals surface area (Å²) in [5, 5.41) is 0.00282. The zero-order valence-corrected chi connectivity index (χ0v) is 15.3. The van der Waals surface area contributed by atoms with Crippen LogP contribution in [0, 0.1) is 17.5 Å². The molecule has 0 bridgehead atoms. The molecule has 0 aliphatic rings. The minimum Gasteiger partial charge on any atom is -0.335 e. The largest absolute Gasteiger partial charge is 0.335 e. The molecule has 0 aliphatic carbocycles. The number of amides is 1. The molecule has 1 N–H and O–H groups in total. The third-order valence-corrected chi connectivity index (χ3v) is 4.80. The van der Waals surface area contributed by atoms with Crippen LogP contribution in [-0.4, -0.2) is 22.8 Å². The van der Waals surface area contributed by atoms with Gasteiger partial charge in [-0.15, -0.1) is 0 Å². The summed E-state index contributed by atoms with van der Waals surface area (Å²) in [6, 6.07) is 3.48. The molecule has 1 atom stereocenters. The van der Waals surface area contributed by atoms with Crippen molar-refractivity contribution < 1.29 is 26.7 Å². The first-order valence-electron chi connectivity index (χ1n) is 8.47. The SMILES string of the molecule is CC(c1c[nH]c(=O)c2cc(F)c(F)cc12)N(C)C(=O)c1ccc(F)c(C(F)F)c1. The van der Waals surface area contributed by atoms with Crippen LogP contribution in [-0.2, 0) is 0 Å². The van der Waals surface area contributed by atoms with E-state index in [0.29, 0.717) is 5.56 Å². The number of H-pyrrole nitrogens is 1. The van der Waals surface area contributed by atoms with Crippen LogP contribution >= 0.6 is 0 Å². The summed E-state index contributed by atoms with van der Waals surface area (Å²) in [7, 11) is 1.37. The standard InChI is InChI=1S/C20H15F5N2O2/c1-9(14-8-26-19(28)12-7-17(23)16(22)6-11(12)14)27(2)20(29)10-3-4-15(21)13(5-10)18(24)25/h3-9,18H,1-2H3,(H,26,28). The van der Waals surface area contributed by atoms with E-state index in [9.17, 15) is 31.5 Å². The van der Waals surface area contributed by atoms with Crippen molar-refractivity contribution in [2.24, 2.45) is 0 Å². The maximum Gasteiger partial charge on any atom is 0.266 e. The van der Waals surface area contributed by atoms with E-state index in [1.807, 2.05) is 0 Å². The molecule has 1 unspecified atom stereocenters. The van der Waals surface area contributed by atoms with Crippen LogP contribution in [0.15, 0.2) is 41.3 Å². The van der Waals surface area contributed by atoms with Crippen molar-refractivity contribution in [3.63, 3.8) is 0 Å². The smallest absolute Gasteiger partial charge is 0.266 e. The molecule has 1 heterocycles. The molecule has 1 aromatic heterocycles. The Morgan fingerprint density at radius 2 is 1.59 bits per heavy atom. The Morgan fingerprint density at radius 1 is 0.966 bits per heavy atom. The number of rotatable bonds is 4. The van der Waals surface area contributed by atoms with Crippen LogP contribution in [0.4, 0.5) is 22.0 Å². The summed E-state index contributed by atoms with van der Waals surface area (Å²) in [6.45, 7) is 1.56. The fraction of sp³-hybridized carbons (Fsp3) is 0.200. The van der Waals surface area contributed by atoms with Crippen LogP contribution < -0.4 is 5.56 Å².